The van der Waals surface area contributed by atoms with E-state index in [0.717, 1.165) is 13.0 Å². The van der Waals surface area contributed by atoms with Gasteiger partial charge in [-0.25, -0.2) is 4.79 Å². The molecule has 2 atom stereocenters. The summed E-state index contributed by atoms with van der Waals surface area (Å²) in [5.74, 6) is 1.01. The van der Waals surface area contributed by atoms with Gasteiger partial charge in [0.05, 0.1) is 19.8 Å². The second kappa shape index (κ2) is 6.40. The third-order valence-electron chi connectivity index (χ3n) is 3.15. The minimum atomic E-state index is -0.356. The van der Waals surface area contributed by atoms with E-state index in [2.05, 4.69) is 17.4 Å². The van der Waals surface area contributed by atoms with E-state index in [1.807, 2.05) is 18.2 Å². The van der Waals surface area contributed by atoms with Gasteiger partial charge >= 0.3 is 6.09 Å². The van der Waals surface area contributed by atoms with E-state index in [9.17, 15) is 4.79 Å². The van der Waals surface area contributed by atoms with Crippen molar-refractivity contribution in [2.24, 2.45) is 11.8 Å². The highest BCUT2D eigenvalue weighted by atomic mass is 16.5. The van der Waals surface area contributed by atoms with Crippen LogP contribution in [0.1, 0.15) is 12.0 Å². The highest BCUT2D eigenvalue weighted by Gasteiger charge is 2.38. The third-order valence-corrected chi connectivity index (χ3v) is 3.15. The Balaban J connectivity index is 1.56. The number of amides is 1. The number of carbonyl (C=O) groups excluding carboxylic acids is 1. The monoisotopic (exact) mass is 249 g/mol. The summed E-state index contributed by atoms with van der Waals surface area (Å²) in [6.07, 6.45) is 0.733. The fraction of sp³-hybridized carbons (Fsp3) is 0.500. The molecule has 1 aromatic carbocycles. The first kappa shape index (κ1) is 12.9. The van der Waals surface area contributed by atoms with Gasteiger partial charge in [-0.3, -0.25) is 0 Å². The number of ether oxygens (including phenoxy) is 2. The van der Waals surface area contributed by atoms with E-state index in [4.69, 9.17) is 9.47 Å². The zero-order chi connectivity index (χ0) is 12.8. The molecule has 0 aliphatic heterocycles. The van der Waals surface area contributed by atoms with Crippen LogP contribution in [-0.4, -0.2) is 26.4 Å². The molecular formula is C14H19NO3. The summed E-state index contributed by atoms with van der Waals surface area (Å²) in [4.78, 5) is 10.9. The molecule has 0 radical (unpaired) electrons. The van der Waals surface area contributed by atoms with Gasteiger partial charge in [0.1, 0.15) is 0 Å². The highest BCUT2D eigenvalue weighted by molar-refractivity contribution is 5.66. The predicted molar refractivity (Wildman–Crippen MR) is 68.1 cm³/mol. The van der Waals surface area contributed by atoms with E-state index >= 15 is 0 Å². The molecule has 98 valence electrons. The van der Waals surface area contributed by atoms with E-state index < -0.39 is 0 Å². The van der Waals surface area contributed by atoms with Crippen LogP contribution in [0, 0.1) is 11.8 Å². The van der Waals surface area contributed by atoms with Crippen LogP contribution in [0.15, 0.2) is 30.3 Å². The first-order chi connectivity index (χ1) is 8.79. The minimum absolute atomic E-state index is 0.356. The minimum Gasteiger partial charge on any atom is -0.449 e. The molecule has 2 unspecified atom stereocenters. The lowest BCUT2D eigenvalue weighted by Gasteiger charge is -2.05. The maximum absolute atomic E-state index is 10.9. The van der Waals surface area contributed by atoms with Gasteiger partial charge in [-0.2, -0.15) is 0 Å². The summed E-state index contributed by atoms with van der Waals surface area (Å²) >= 11 is 0. The fourth-order valence-corrected chi connectivity index (χ4v) is 1.88. The summed E-state index contributed by atoms with van der Waals surface area (Å²) in [7, 11) is 1.57. The molecule has 1 aromatic rings. The van der Waals surface area contributed by atoms with Crippen LogP contribution in [0.5, 0.6) is 0 Å². The van der Waals surface area contributed by atoms with Crippen molar-refractivity contribution in [3.8, 4) is 0 Å². The quantitative estimate of drug-likeness (QED) is 0.840. The van der Waals surface area contributed by atoms with E-state index in [-0.39, 0.29) is 6.09 Å². The molecule has 2 rings (SSSR count). The van der Waals surface area contributed by atoms with Crippen LogP contribution >= 0.6 is 0 Å². The number of alkyl carbamates (subject to hydrolysis) is 1. The zero-order valence-corrected chi connectivity index (χ0v) is 10.6. The fourth-order valence-electron chi connectivity index (χ4n) is 1.88. The van der Waals surface area contributed by atoms with Gasteiger partial charge in [-0.15, -0.1) is 0 Å². The Hall–Kier alpha value is -1.55. The Labute approximate surface area is 107 Å². The summed E-state index contributed by atoms with van der Waals surface area (Å²) in [6, 6.07) is 10.1. The highest BCUT2D eigenvalue weighted by Crippen LogP contribution is 2.38. The van der Waals surface area contributed by atoms with Gasteiger partial charge in [-0.1, -0.05) is 30.3 Å². The normalized spacial score (nSPS) is 21.4. The number of nitrogens with one attached hydrogen (secondary N) is 1. The molecule has 0 saturated heterocycles. The third kappa shape index (κ3) is 4.04. The van der Waals surface area contributed by atoms with Crippen LogP contribution in [-0.2, 0) is 16.1 Å². The lowest BCUT2D eigenvalue weighted by molar-refractivity contribution is 0.0996. The van der Waals surface area contributed by atoms with Crippen molar-refractivity contribution in [2.45, 2.75) is 13.0 Å². The summed E-state index contributed by atoms with van der Waals surface area (Å²) < 4.78 is 10.7. The number of benzene rings is 1. The average Bonchev–Trinajstić information content (AvgIpc) is 3.16. The van der Waals surface area contributed by atoms with E-state index in [1.165, 1.54) is 5.56 Å². The maximum atomic E-state index is 10.9. The van der Waals surface area contributed by atoms with Crippen molar-refractivity contribution in [3.05, 3.63) is 35.9 Å². The Morgan fingerprint density at radius 3 is 2.72 bits per heavy atom. The van der Waals surface area contributed by atoms with E-state index in [0.29, 0.717) is 25.0 Å². The molecular weight excluding hydrogens is 230 g/mol. The van der Waals surface area contributed by atoms with Gasteiger partial charge < -0.3 is 14.8 Å². The maximum Gasteiger partial charge on any atom is 0.406 e. The lowest BCUT2D eigenvalue weighted by atomic mass is 10.2. The summed E-state index contributed by atoms with van der Waals surface area (Å²) in [6.45, 7) is 1.90. The smallest absolute Gasteiger partial charge is 0.406 e. The van der Waals surface area contributed by atoms with Crippen LogP contribution in [0.4, 0.5) is 4.79 Å². The van der Waals surface area contributed by atoms with Crippen LogP contribution in [0.3, 0.4) is 0 Å². The molecule has 1 fully saturated rings. The van der Waals surface area contributed by atoms with E-state index in [1.54, 1.807) is 7.05 Å². The van der Waals surface area contributed by atoms with Gasteiger partial charge in [0.15, 0.2) is 0 Å². The van der Waals surface area contributed by atoms with Crippen molar-refractivity contribution >= 4 is 6.09 Å². The van der Waals surface area contributed by atoms with Crippen LogP contribution in [0.25, 0.3) is 0 Å². The zero-order valence-electron chi connectivity index (χ0n) is 10.6. The Kier molecular flexibility index (Phi) is 4.59. The van der Waals surface area contributed by atoms with Gasteiger partial charge in [0, 0.05) is 7.05 Å². The lowest BCUT2D eigenvalue weighted by Crippen LogP contribution is -2.20. The number of rotatable bonds is 6. The molecule has 0 spiro atoms. The molecule has 1 amide bonds. The molecule has 0 aromatic heterocycles. The average molecular weight is 249 g/mol. The molecule has 1 aliphatic rings. The van der Waals surface area contributed by atoms with Crippen molar-refractivity contribution in [1.82, 2.24) is 5.32 Å². The van der Waals surface area contributed by atoms with Gasteiger partial charge in [0.2, 0.25) is 0 Å². The topological polar surface area (TPSA) is 47.6 Å². The molecule has 1 N–H and O–H groups in total. The SMILES string of the molecule is CNC(=O)OCC1CC1COCc1ccccc1. The van der Waals surface area contributed by atoms with Crippen LogP contribution in [0.2, 0.25) is 0 Å². The standard InChI is InChI=1S/C14H19NO3/c1-15-14(16)18-10-13-7-12(13)9-17-8-11-5-3-2-4-6-11/h2-6,12-13H,7-10H2,1H3,(H,15,16). The van der Waals surface area contributed by atoms with Gasteiger partial charge in [-0.05, 0) is 23.8 Å². The predicted octanol–water partition coefficient (Wildman–Crippen LogP) is 2.20. The molecule has 4 nitrogen and oxygen atoms in total. The van der Waals surface area contributed by atoms with Crippen molar-refractivity contribution in [2.75, 3.05) is 20.3 Å². The second-order valence-corrected chi connectivity index (χ2v) is 4.61. The van der Waals surface area contributed by atoms with Crippen molar-refractivity contribution < 1.29 is 14.3 Å². The number of hydrogen-bond acceptors (Lipinski definition) is 3. The number of carbonyl (C=O) groups is 1. The molecule has 4 heteroatoms. The van der Waals surface area contributed by atoms with Gasteiger partial charge in [0.25, 0.3) is 0 Å². The first-order valence-corrected chi connectivity index (χ1v) is 6.25. The Bertz CT molecular complexity index is 380. The van der Waals surface area contributed by atoms with Crippen LogP contribution < -0.4 is 5.32 Å². The van der Waals surface area contributed by atoms with Crippen molar-refractivity contribution in [1.29, 1.82) is 0 Å². The Morgan fingerprint density at radius 2 is 2.00 bits per heavy atom. The molecule has 0 bridgehead atoms. The molecule has 1 aliphatic carbocycles. The molecule has 18 heavy (non-hydrogen) atoms. The first-order valence-electron chi connectivity index (χ1n) is 6.25. The summed E-state index contributed by atoms with van der Waals surface area (Å²) in [5.41, 5.74) is 1.19. The largest absolute Gasteiger partial charge is 0.449 e. The number of hydrogen-bond donors (Lipinski definition) is 1. The second-order valence-electron chi connectivity index (χ2n) is 4.61. The molecule has 0 heterocycles. The van der Waals surface area contributed by atoms with Crippen molar-refractivity contribution in [3.63, 3.8) is 0 Å². The Morgan fingerprint density at radius 1 is 1.28 bits per heavy atom. The summed E-state index contributed by atoms with van der Waals surface area (Å²) in [5, 5.41) is 2.44. The molecule has 1 saturated carbocycles.